The smallest absolute Gasteiger partial charge is 0.321 e. The minimum absolute atomic E-state index is 0.145. The molecule has 0 spiro atoms. The summed E-state index contributed by atoms with van der Waals surface area (Å²) in [6, 6.07) is 4.79. The molecule has 1 heterocycles. The number of hydrogen-bond donors (Lipinski definition) is 2. The maximum absolute atomic E-state index is 12.1. The van der Waals surface area contributed by atoms with Crippen molar-refractivity contribution in [1.82, 2.24) is 10.6 Å². The average molecular weight is 353 g/mol. The number of urea groups is 1. The van der Waals surface area contributed by atoms with Gasteiger partial charge in [0.1, 0.15) is 12.4 Å². The van der Waals surface area contributed by atoms with Crippen LogP contribution in [0.1, 0.15) is 18.4 Å². The summed E-state index contributed by atoms with van der Waals surface area (Å²) in [6.07, 6.45) is 2.27. The molecule has 3 amide bonds. The number of imide groups is 1. The molecular formula is C16H17ClN2O5. The maximum Gasteiger partial charge on any atom is 0.321 e. The molecule has 0 unspecified atom stereocenters. The molecule has 1 fully saturated rings. The first kappa shape index (κ1) is 16.6. The molecule has 2 aliphatic rings. The Morgan fingerprint density at radius 3 is 2.83 bits per heavy atom. The number of rotatable bonds is 4. The Morgan fingerprint density at radius 2 is 2.08 bits per heavy atom. The standard InChI is InChI=1S/C16H17ClN2O5/c17-11-1-4-13-9(6-11)5-10(7-23-13)15(21)24-8-14(20)19-16(22)18-12-2-3-12/h1,4,6,10,12H,2-3,5,7-8H2,(H2,18,19,20,22)/t10-/m1/s1. The van der Waals surface area contributed by atoms with Gasteiger partial charge in [-0.05, 0) is 43.0 Å². The molecule has 1 aliphatic carbocycles. The van der Waals surface area contributed by atoms with Crippen LogP contribution in [0.15, 0.2) is 18.2 Å². The topological polar surface area (TPSA) is 93.7 Å². The van der Waals surface area contributed by atoms with E-state index in [4.69, 9.17) is 21.1 Å². The van der Waals surface area contributed by atoms with Crippen LogP contribution in [0.4, 0.5) is 4.79 Å². The zero-order chi connectivity index (χ0) is 17.1. The van der Waals surface area contributed by atoms with E-state index in [0.717, 1.165) is 18.4 Å². The van der Waals surface area contributed by atoms with Crippen LogP contribution in [0.5, 0.6) is 5.75 Å². The SMILES string of the molecule is O=C(COC(=O)[C@H]1COc2ccc(Cl)cc2C1)NC(=O)NC1CC1. The number of nitrogens with one attached hydrogen (secondary N) is 2. The summed E-state index contributed by atoms with van der Waals surface area (Å²) in [5.74, 6) is -1.03. The molecule has 1 aromatic carbocycles. The van der Waals surface area contributed by atoms with Gasteiger partial charge in [0.15, 0.2) is 6.61 Å². The summed E-state index contributed by atoms with van der Waals surface area (Å²) in [4.78, 5) is 35.0. The molecule has 1 aromatic rings. The predicted molar refractivity (Wildman–Crippen MR) is 84.8 cm³/mol. The van der Waals surface area contributed by atoms with Gasteiger partial charge in [-0.25, -0.2) is 4.79 Å². The fourth-order valence-corrected chi connectivity index (χ4v) is 2.58. The van der Waals surface area contributed by atoms with E-state index in [9.17, 15) is 14.4 Å². The van der Waals surface area contributed by atoms with Gasteiger partial charge in [-0.3, -0.25) is 14.9 Å². The third-order valence-electron chi connectivity index (χ3n) is 3.77. The molecule has 8 heteroatoms. The molecule has 0 radical (unpaired) electrons. The Balaban J connectivity index is 1.45. The van der Waals surface area contributed by atoms with E-state index in [2.05, 4.69) is 10.6 Å². The summed E-state index contributed by atoms with van der Waals surface area (Å²) in [5, 5.41) is 5.29. The minimum atomic E-state index is -0.665. The molecule has 128 valence electrons. The quantitative estimate of drug-likeness (QED) is 0.799. The first-order valence-corrected chi connectivity index (χ1v) is 8.07. The zero-order valence-electron chi connectivity index (χ0n) is 12.8. The van der Waals surface area contributed by atoms with Crippen LogP contribution in [0.25, 0.3) is 0 Å². The van der Waals surface area contributed by atoms with Crippen molar-refractivity contribution >= 4 is 29.5 Å². The van der Waals surface area contributed by atoms with Gasteiger partial charge < -0.3 is 14.8 Å². The number of carbonyl (C=O) groups is 3. The van der Waals surface area contributed by atoms with E-state index >= 15 is 0 Å². The fourth-order valence-electron chi connectivity index (χ4n) is 2.38. The number of benzene rings is 1. The largest absolute Gasteiger partial charge is 0.492 e. The molecule has 0 aromatic heterocycles. The highest BCUT2D eigenvalue weighted by atomic mass is 35.5. The number of carbonyl (C=O) groups excluding carboxylic acids is 3. The summed E-state index contributed by atoms with van der Waals surface area (Å²) >= 11 is 5.93. The van der Waals surface area contributed by atoms with E-state index in [0.29, 0.717) is 17.2 Å². The van der Waals surface area contributed by atoms with E-state index in [-0.39, 0.29) is 12.6 Å². The van der Waals surface area contributed by atoms with E-state index < -0.39 is 30.4 Å². The van der Waals surface area contributed by atoms with Crippen LogP contribution < -0.4 is 15.4 Å². The van der Waals surface area contributed by atoms with Crippen molar-refractivity contribution in [1.29, 1.82) is 0 Å². The van der Waals surface area contributed by atoms with Crippen molar-refractivity contribution < 1.29 is 23.9 Å². The lowest BCUT2D eigenvalue weighted by atomic mass is 9.97. The molecule has 24 heavy (non-hydrogen) atoms. The van der Waals surface area contributed by atoms with Gasteiger partial charge in [-0.2, -0.15) is 0 Å². The normalized spacial score (nSPS) is 18.8. The van der Waals surface area contributed by atoms with Gasteiger partial charge in [0, 0.05) is 11.1 Å². The highest BCUT2D eigenvalue weighted by Gasteiger charge is 2.28. The van der Waals surface area contributed by atoms with Crippen molar-refractivity contribution in [2.45, 2.75) is 25.3 Å². The van der Waals surface area contributed by atoms with E-state index in [1.54, 1.807) is 18.2 Å². The third-order valence-corrected chi connectivity index (χ3v) is 4.01. The van der Waals surface area contributed by atoms with Gasteiger partial charge >= 0.3 is 12.0 Å². The van der Waals surface area contributed by atoms with E-state index in [1.807, 2.05) is 0 Å². The van der Waals surface area contributed by atoms with Crippen LogP contribution in [-0.4, -0.2) is 37.2 Å². The van der Waals surface area contributed by atoms with Crippen molar-refractivity contribution in [3.63, 3.8) is 0 Å². The van der Waals surface area contributed by atoms with Crippen LogP contribution in [0.2, 0.25) is 5.02 Å². The number of fused-ring (bicyclic) bond motifs is 1. The van der Waals surface area contributed by atoms with Gasteiger partial charge in [-0.1, -0.05) is 11.6 Å². The molecule has 1 saturated carbocycles. The molecule has 3 rings (SSSR count). The summed E-state index contributed by atoms with van der Waals surface area (Å²) in [5.41, 5.74) is 0.823. The lowest BCUT2D eigenvalue weighted by Gasteiger charge is -2.24. The molecular weight excluding hydrogens is 336 g/mol. The molecule has 7 nitrogen and oxygen atoms in total. The second-order valence-electron chi connectivity index (χ2n) is 5.87. The summed E-state index contributed by atoms with van der Waals surface area (Å²) in [6.45, 7) is -0.326. The fraction of sp³-hybridized carbons (Fsp3) is 0.438. The third kappa shape index (κ3) is 4.38. The number of hydrogen-bond acceptors (Lipinski definition) is 5. The molecule has 1 aliphatic heterocycles. The first-order chi connectivity index (χ1) is 11.5. The summed E-state index contributed by atoms with van der Waals surface area (Å²) in [7, 11) is 0. The van der Waals surface area contributed by atoms with Gasteiger partial charge in [0.2, 0.25) is 0 Å². The minimum Gasteiger partial charge on any atom is -0.492 e. The number of amides is 3. The highest BCUT2D eigenvalue weighted by Crippen LogP contribution is 2.30. The number of halogens is 1. The second-order valence-corrected chi connectivity index (χ2v) is 6.30. The van der Waals surface area contributed by atoms with Crippen molar-refractivity contribution in [3.8, 4) is 5.75 Å². The Morgan fingerprint density at radius 1 is 1.29 bits per heavy atom. The number of esters is 1. The molecule has 1 atom stereocenters. The Hall–Kier alpha value is -2.28. The maximum atomic E-state index is 12.1. The van der Waals surface area contributed by atoms with Crippen LogP contribution in [0, 0.1) is 5.92 Å². The first-order valence-electron chi connectivity index (χ1n) is 7.69. The Kier molecular flexibility index (Phi) is 4.89. The molecule has 0 saturated heterocycles. The van der Waals surface area contributed by atoms with E-state index in [1.165, 1.54) is 0 Å². The average Bonchev–Trinajstić information content (AvgIpc) is 3.35. The predicted octanol–water partition coefficient (Wildman–Crippen LogP) is 1.42. The van der Waals surface area contributed by atoms with Gasteiger partial charge in [0.05, 0.1) is 5.92 Å². The van der Waals surface area contributed by atoms with Crippen LogP contribution in [-0.2, 0) is 20.7 Å². The van der Waals surface area contributed by atoms with Crippen molar-refractivity contribution in [2.75, 3.05) is 13.2 Å². The van der Waals surface area contributed by atoms with Crippen LogP contribution >= 0.6 is 11.6 Å². The lowest BCUT2D eigenvalue weighted by molar-refractivity contribution is -0.153. The lowest BCUT2D eigenvalue weighted by Crippen LogP contribution is -2.42. The van der Waals surface area contributed by atoms with Gasteiger partial charge in [0.25, 0.3) is 5.91 Å². The second kappa shape index (κ2) is 7.09. The summed E-state index contributed by atoms with van der Waals surface area (Å²) < 4.78 is 10.5. The Bertz CT molecular complexity index is 674. The molecule has 2 N–H and O–H groups in total. The highest BCUT2D eigenvalue weighted by molar-refractivity contribution is 6.30. The van der Waals surface area contributed by atoms with Crippen LogP contribution in [0.3, 0.4) is 0 Å². The molecule has 0 bridgehead atoms. The number of ether oxygens (including phenoxy) is 2. The Labute approximate surface area is 143 Å². The monoisotopic (exact) mass is 352 g/mol. The van der Waals surface area contributed by atoms with Crippen molar-refractivity contribution in [2.24, 2.45) is 5.92 Å². The van der Waals surface area contributed by atoms with Crippen molar-refractivity contribution in [3.05, 3.63) is 28.8 Å². The van der Waals surface area contributed by atoms with Gasteiger partial charge in [-0.15, -0.1) is 0 Å². The zero-order valence-corrected chi connectivity index (χ0v) is 13.6.